The van der Waals surface area contributed by atoms with E-state index in [2.05, 4.69) is 0 Å². The number of ketones is 1. The van der Waals surface area contributed by atoms with Crippen LogP contribution in [-0.4, -0.2) is 23.5 Å². The lowest BCUT2D eigenvalue weighted by atomic mass is 9.99. The number of aliphatic hydroxyl groups excluding tert-OH is 1. The summed E-state index contributed by atoms with van der Waals surface area (Å²) in [7, 11) is 0. The molecule has 0 atom stereocenters. The highest BCUT2D eigenvalue weighted by atomic mass is 16.5. The molecular formula is C16H18O4. The van der Waals surface area contributed by atoms with Crippen LogP contribution in [0, 0.1) is 0 Å². The molecule has 0 aliphatic heterocycles. The van der Waals surface area contributed by atoms with Gasteiger partial charge in [0.15, 0.2) is 5.78 Å². The summed E-state index contributed by atoms with van der Waals surface area (Å²) in [5.74, 6) is -1.22. The first-order valence-electron chi connectivity index (χ1n) is 6.32. The van der Waals surface area contributed by atoms with E-state index in [1.807, 2.05) is 18.2 Å². The largest absolute Gasteiger partial charge is 0.512 e. The van der Waals surface area contributed by atoms with Crippen molar-refractivity contribution in [3.05, 3.63) is 52.8 Å². The average molecular weight is 274 g/mol. The highest BCUT2D eigenvalue weighted by molar-refractivity contribution is 6.12. The predicted molar refractivity (Wildman–Crippen MR) is 77.1 cm³/mol. The van der Waals surface area contributed by atoms with Crippen LogP contribution >= 0.6 is 0 Å². The summed E-state index contributed by atoms with van der Waals surface area (Å²) in [5.41, 5.74) is 0.786. The van der Waals surface area contributed by atoms with Crippen molar-refractivity contribution in [2.75, 3.05) is 6.61 Å². The summed E-state index contributed by atoms with van der Waals surface area (Å²) in [5, 5.41) is 9.66. The number of benzene rings is 1. The molecule has 4 nitrogen and oxygen atoms in total. The molecule has 1 aromatic rings. The number of rotatable bonds is 5. The van der Waals surface area contributed by atoms with E-state index < -0.39 is 5.97 Å². The number of hydrogen-bond donors (Lipinski definition) is 1. The minimum Gasteiger partial charge on any atom is -0.512 e. The molecule has 0 heterocycles. The second-order valence-corrected chi connectivity index (χ2v) is 4.21. The highest BCUT2D eigenvalue weighted by Crippen LogP contribution is 2.20. The zero-order valence-corrected chi connectivity index (χ0v) is 11.8. The number of ether oxygens (including phenoxy) is 1. The molecule has 4 heteroatoms. The van der Waals surface area contributed by atoms with Crippen LogP contribution in [0.3, 0.4) is 0 Å². The fraction of sp³-hybridized carbons (Fsp3) is 0.250. The van der Waals surface area contributed by atoms with Crippen molar-refractivity contribution < 1.29 is 19.4 Å². The van der Waals surface area contributed by atoms with Gasteiger partial charge in [-0.2, -0.15) is 0 Å². The van der Waals surface area contributed by atoms with Gasteiger partial charge in [0.25, 0.3) is 0 Å². The van der Waals surface area contributed by atoms with Gasteiger partial charge in [-0.05, 0) is 32.4 Å². The van der Waals surface area contributed by atoms with Gasteiger partial charge in [-0.1, -0.05) is 30.3 Å². The summed E-state index contributed by atoms with van der Waals surface area (Å²) >= 11 is 0. The lowest BCUT2D eigenvalue weighted by Gasteiger charge is -2.10. The molecule has 0 spiro atoms. The standard InChI is InChI=1S/C16H18O4/c1-4-20-16(19)14(15(11(2)17)12(3)18)10-13-8-6-5-7-9-13/h5-10,17H,4H2,1-3H3/b14-10+,15-11+. The molecule has 1 N–H and O–H groups in total. The normalized spacial score (nSPS) is 12.7. The third kappa shape index (κ3) is 4.09. The summed E-state index contributed by atoms with van der Waals surface area (Å²) in [6.07, 6.45) is 1.54. The van der Waals surface area contributed by atoms with E-state index in [4.69, 9.17) is 4.74 Å². The van der Waals surface area contributed by atoms with Crippen LogP contribution in [0.15, 0.2) is 47.2 Å². The van der Waals surface area contributed by atoms with Crippen molar-refractivity contribution in [1.29, 1.82) is 0 Å². The third-order valence-electron chi connectivity index (χ3n) is 2.59. The van der Waals surface area contributed by atoms with E-state index in [9.17, 15) is 14.7 Å². The van der Waals surface area contributed by atoms with E-state index in [0.29, 0.717) is 0 Å². The summed E-state index contributed by atoms with van der Waals surface area (Å²) in [6, 6.07) is 9.07. The van der Waals surface area contributed by atoms with Crippen LogP contribution in [-0.2, 0) is 14.3 Å². The molecule has 0 amide bonds. The predicted octanol–water partition coefficient (Wildman–Crippen LogP) is 3.05. The van der Waals surface area contributed by atoms with Crippen LogP contribution in [0.1, 0.15) is 26.3 Å². The minimum absolute atomic E-state index is 0.0210. The number of carbonyl (C=O) groups is 2. The van der Waals surface area contributed by atoms with E-state index >= 15 is 0 Å². The van der Waals surface area contributed by atoms with Gasteiger partial charge in [-0.25, -0.2) is 4.79 Å². The van der Waals surface area contributed by atoms with E-state index in [-0.39, 0.29) is 29.3 Å². The molecular weight excluding hydrogens is 256 g/mol. The van der Waals surface area contributed by atoms with Crippen LogP contribution in [0.4, 0.5) is 0 Å². The van der Waals surface area contributed by atoms with E-state index in [0.717, 1.165) is 5.56 Å². The van der Waals surface area contributed by atoms with Gasteiger partial charge >= 0.3 is 5.97 Å². The van der Waals surface area contributed by atoms with Gasteiger partial charge in [0.05, 0.1) is 17.8 Å². The molecule has 0 saturated heterocycles. The number of aliphatic hydroxyl groups is 1. The Balaban J connectivity index is 3.36. The van der Waals surface area contributed by atoms with Gasteiger partial charge in [-0.15, -0.1) is 0 Å². The number of hydrogen-bond acceptors (Lipinski definition) is 4. The van der Waals surface area contributed by atoms with Crippen molar-refractivity contribution in [3.8, 4) is 0 Å². The first-order valence-corrected chi connectivity index (χ1v) is 6.32. The maximum atomic E-state index is 12.0. The molecule has 0 fully saturated rings. The molecule has 0 aliphatic carbocycles. The first-order chi connectivity index (χ1) is 9.47. The second-order valence-electron chi connectivity index (χ2n) is 4.21. The molecule has 0 radical (unpaired) electrons. The smallest absolute Gasteiger partial charge is 0.339 e. The summed E-state index contributed by atoms with van der Waals surface area (Å²) in [4.78, 5) is 23.7. The Morgan fingerprint density at radius 1 is 1.20 bits per heavy atom. The second kappa shape index (κ2) is 7.28. The fourth-order valence-corrected chi connectivity index (χ4v) is 1.80. The average Bonchev–Trinajstić information content (AvgIpc) is 2.38. The van der Waals surface area contributed by atoms with Crippen LogP contribution in [0.2, 0.25) is 0 Å². The molecule has 20 heavy (non-hydrogen) atoms. The van der Waals surface area contributed by atoms with Crippen molar-refractivity contribution in [1.82, 2.24) is 0 Å². The fourth-order valence-electron chi connectivity index (χ4n) is 1.80. The zero-order valence-electron chi connectivity index (χ0n) is 11.8. The Morgan fingerprint density at radius 3 is 2.25 bits per heavy atom. The number of allylic oxidation sites excluding steroid dienone is 1. The van der Waals surface area contributed by atoms with Crippen molar-refractivity contribution in [2.45, 2.75) is 20.8 Å². The molecule has 106 valence electrons. The summed E-state index contributed by atoms with van der Waals surface area (Å²) in [6.45, 7) is 4.55. The van der Waals surface area contributed by atoms with E-state index in [1.165, 1.54) is 19.9 Å². The van der Waals surface area contributed by atoms with Crippen LogP contribution in [0.5, 0.6) is 0 Å². The maximum Gasteiger partial charge on any atom is 0.339 e. The quantitative estimate of drug-likeness (QED) is 0.388. The van der Waals surface area contributed by atoms with Crippen molar-refractivity contribution >= 4 is 17.8 Å². The SMILES string of the molecule is CCOC(=O)C(=C/c1ccccc1)/C(C(C)=O)=C(\C)O. The minimum atomic E-state index is -0.630. The topological polar surface area (TPSA) is 63.6 Å². The molecule has 1 rings (SSSR count). The molecule has 0 aromatic heterocycles. The third-order valence-corrected chi connectivity index (χ3v) is 2.59. The van der Waals surface area contributed by atoms with Gasteiger partial charge in [-0.3, -0.25) is 4.79 Å². The Hall–Kier alpha value is -2.36. The molecule has 0 bridgehead atoms. The lowest BCUT2D eigenvalue weighted by Crippen LogP contribution is -2.15. The number of carbonyl (C=O) groups excluding carboxylic acids is 2. The number of esters is 1. The van der Waals surface area contributed by atoms with Crippen molar-refractivity contribution in [2.24, 2.45) is 0 Å². The summed E-state index contributed by atoms with van der Waals surface area (Å²) < 4.78 is 4.95. The Bertz CT molecular complexity index is 549. The monoisotopic (exact) mass is 274 g/mol. The maximum absolute atomic E-state index is 12.0. The molecule has 0 unspecified atom stereocenters. The Kier molecular flexibility index (Phi) is 5.72. The Morgan fingerprint density at radius 2 is 1.80 bits per heavy atom. The van der Waals surface area contributed by atoms with Crippen LogP contribution in [0.25, 0.3) is 6.08 Å². The Labute approximate surface area is 118 Å². The first kappa shape index (κ1) is 15.7. The van der Waals surface area contributed by atoms with Crippen molar-refractivity contribution in [3.63, 3.8) is 0 Å². The molecule has 0 saturated carbocycles. The van der Waals surface area contributed by atoms with Gasteiger partial charge in [0.1, 0.15) is 5.76 Å². The molecule has 0 aliphatic rings. The van der Waals surface area contributed by atoms with Gasteiger partial charge < -0.3 is 9.84 Å². The zero-order chi connectivity index (χ0) is 15.1. The van der Waals surface area contributed by atoms with Crippen LogP contribution < -0.4 is 0 Å². The lowest BCUT2D eigenvalue weighted by molar-refractivity contribution is -0.138. The van der Waals surface area contributed by atoms with E-state index in [1.54, 1.807) is 19.1 Å². The highest BCUT2D eigenvalue weighted by Gasteiger charge is 2.22. The van der Waals surface area contributed by atoms with Gasteiger partial charge in [0, 0.05) is 0 Å². The van der Waals surface area contributed by atoms with Gasteiger partial charge in [0.2, 0.25) is 0 Å². The molecule has 1 aromatic carbocycles. The number of Topliss-reactive ketones (excluding diaryl/α,β-unsaturated/α-hetero) is 1.